The van der Waals surface area contributed by atoms with Crippen LogP contribution in [0.25, 0.3) is 33.6 Å². The summed E-state index contributed by atoms with van der Waals surface area (Å²) in [5.41, 5.74) is 7.09. The summed E-state index contributed by atoms with van der Waals surface area (Å²) in [6.07, 6.45) is 8.89. The Labute approximate surface area is 329 Å². The zero-order valence-corrected chi connectivity index (χ0v) is 32.7. The molecule has 8 nitrogen and oxygen atoms in total. The molecule has 2 saturated heterocycles. The van der Waals surface area contributed by atoms with Crippen LogP contribution in [0.4, 0.5) is 0 Å². The zero-order chi connectivity index (χ0) is 38.6. The molecule has 6 aromatic rings. The van der Waals surface area contributed by atoms with E-state index in [2.05, 4.69) is 75.5 Å². The van der Waals surface area contributed by atoms with Crippen LogP contribution in [0.3, 0.4) is 0 Å². The van der Waals surface area contributed by atoms with Crippen LogP contribution in [0.5, 0.6) is 0 Å². The number of amides is 2. The first kappa shape index (κ1) is 35.9. The summed E-state index contributed by atoms with van der Waals surface area (Å²) in [5, 5.41) is 0. The maximum absolute atomic E-state index is 14.2. The molecule has 284 valence electrons. The lowest BCUT2D eigenvalue weighted by atomic mass is 9.82. The van der Waals surface area contributed by atoms with Crippen molar-refractivity contribution in [3.63, 3.8) is 0 Å². The molecule has 1 saturated carbocycles. The van der Waals surface area contributed by atoms with E-state index in [4.69, 9.17) is 9.97 Å². The first-order valence-electron chi connectivity index (χ1n) is 20.2. The minimum Gasteiger partial charge on any atom is -0.340 e. The summed E-state index contributed by atoms with van der Waals surface area (Å²) in [7, 11) is 0. The number of aromatic amines is 2. The van der Waals surface area contributed by atoms with Crippen molar-refractivity contribution in [1.29, 1.82) is 0 Å². The number of likely N-dealkylation sites (tertiary alicyclic amines) is 2. The number of nitrogens with one attached hydrogen (secondary N) is 2. The third-order valence-electron chi connectivity index (χ3n) is 12.9. The molecule has 3 fully saturated rings. The molecule has 2 amide bonds. The normalized spacial score (nSPS) is 20.9. The number of nitrogens with zero attached hydrogens (tertiary/aromatic N) is 4. The number of benzene rings is 4. The number of hydrogen-bond donors (Lipinski definition) is 2. The van der Waals surface area contributed by atoms with E-state index >= 15 is 0 Å². The van der Waals surface area contributed by atoms with E-state index in [0.29, 0.717) is 5.92 Å². The van der Waals surface area contributed by atoms with Gasteiger partial charge in [0.1, 0.15) is 11.6 Å². The molecule has 0 radical (unpaired) electrons. The van der Waals surface area contributed by atoms with Gasteiger partial charge in [0.05, 0.1) is 46.7 Å². The number of rotatable bonds is 9. The molecule has 2 N–H and O–H groups in total. The van der Waals surface area contributed by atoms with Crippen molar-refractivity contribution in [1.82, 2.24) is 29.7 Å². The molecule has 1 aliphatic carbocycles. The monoisotopic (exact) mass is 742 g/mol. The average molecular weight is 743 g/mol. The van der Waals surface area contributed by atoms with Crippen LogP contribution >= 0.6 is 0 Å². The quantitative estimate of drug-likeness (QED) is 0.154. The first-order valence-corrected chi connectivity index (χ1v) is 20.2. The largest absolute Gasteiger partial charge is 0.340 e. The Bertz CT molecular complexity index is 2340. The SMILES string of the molecule is CC(C)(C(=O)N1CCC[C@H]1c1ncc(-c2ccc(-c3ccc(-c4cnc([C@H]5[C@H]6CC[C@@H](C6)N5C(=O)C(C)(C)c5ccccc5)[nH]4)cc3)cc2)[nH]1)c1ccccc1. The predicted octanol–water partition coefficient (Wildman–Crippen LogP) is 9.80. The second-order valence-corrected chi connectivity index (χ2v) is 17.0. The third kappa shape index (κ3) is 6.25. The van der Waals surface area contributed by atoms with E-state index in [9.17, 15) is 9.59 Å². The minimum absolute atomic E-state index is 0.0342. The summed E-state index contributed by atoms with van der Waals surface area (Å²) >= 11 is 0. The van der Waals surface area contributed by atoms with Crippen LogP contribution in [0.2, 0.25) is 0 Å². The summed E-state index contributed by atoms with van der Waals surface area (Å²) in [6, 6.07) is 37.5. The molecule has 3 aliphatic rings. The zero-order valence-electron chi connectivity index (χ0n) is 32.7. The number of fused-ring (bicyclic) bond motifs is 2. The smallest absolute Gasteiger partial charge is 0.233 e. The van der Waals surface area contributed by atoms with Gasteiger partial charge in [-0.25, -0.2) is 9.97 Å². The molecule has 4 aromatic carbocycles. The van der Waals surface area contributed by atoms with Gasteiger partial charge in [-0.2, -0.15) is 0 Å². The van der Waals surface area contributed by atoms with E-state index in [-0.39, 0.29) is 29.9 Å². The second-order valence-electron chi connectivity index (χ2n) is 17.0. The average Bonchev–Trinajstić information content (AvgIpc) is 4.10. The van der Waals surface area contributed by atoms with Gasteiger partial charge < -0.3 is 19.8 Å². The van der Waals surface area contributed by atoms with Crippen molar-refractivity contribution in [2.24, 2.45) is 5.92 Å². The summed E-state index contributed by atoms with van der Waals surface area (Å²) in [4.78, 5) is 49.1. The lowest BCUT2D eigenvalue weighted by Crippen LogP contribution is -2.48. The van der Waals surface area contributed by atoms with Crippen molar-refractivity contribution in [3.8, 4) is 33.6 Å². The Morgan fingerprint density at radius 1 is 0.607 bits per heavy atom. The minimum atomic E-state index is -0.617. The maximum atomic E-state index is 14.2. The molecule has 4 heterocycles. The topological polar surface area (TPSA) is 98.0 Å². The highest BCUT2D eigenvalue weighted by molar-refractivity contribution is 5.89. The fraction of sp³-hybridized carbons (Fsp3) is 0.333. The Kier molecular flexibility index (Phi) is 9.02. The number of imidazole rings is 2. The van der Waals surface area contributed by atoms with Crippen LogP contribution < -0.4 is 0 Å². The molecular formula is C48H50N6O2. The number of aromatic nitrogens is 4. The van der Waals surface area contributed by atoms with Gasteiger partial charge in [-0.1, -0.05) is 109 Å². The number of carbonyl (C=O) groups is 2. The van der Waals surface area contributed by atoms with Crippen LogP contribution in [-0.4, -0.2) is 54.1 Å². The van der Waals surface area contributed by atoms with E-state index in [0.717, 1.165) is 95.1 Å². The summed E-state index contributed by atoms with van der Waals surface area (Å²) in [5.74, 6) is 2.46. The second kappa shape index (κ2) is 14.1. The van der Waals surface area contributed by atoms with E-state index in [1.54, 1.807) is 0 Å². The predicted molar refractivity (Wildman–Crippen MR) is 220 cm³/mol. The van der Waals surface area contributed by atoms with Gasteiger partial charge in [0.25, 0.3) is 0 Å². The van der Waals surface area contributed by atoms with Crippen molar-refractivity contribution in [2.75, 3.05) is 6.54 Å². The van der Waals surface area contributed by atoms with Gasteiger partial charge in [-0.3, -0.25) is 9.59 Å². The molecule has 2 aliphatic heterocycles. The van der Waals surface area contributed by atoms with Gasteiger partial charge in [0, 0.05) is 12.6 Å². The van der Waals surface area contributed by atoms with Gasteiger partial charge >= 0.3 is 0 Å². The fourth-order valence-corrected chi connectivity index (χ4v) is 9.54. The van der Waals surface area contributed by atoms with Crippen molar-refractivity contribution >= 4 is 11.8 Å². The van der Waals surface area contributed by atoms with Crippen LogP contribution in [0, 0.1) is 5.92 Å². The van der Waals surface area contributed by atoms with Crippen molar-refractivity contribution in [3.05, 3.63) is 144 Å². The number of hydrogen-bond acceptors (Lipinski definition) is 4. The molecule has 2 aromatic heterocycles. The number of H-pyrrole nitrogens is 2. The molecule has 4 atom stereocenters. The highest BCUT2D eigenvalue weighted by atomic mass is 16.2. The van der Waals surface area contributed by atoms with E-state index in [1.165, 1.54) is 0 Å². The maximum Gasteiger partial charge on any atom is 0.233 e. The van der Waals surface area contributed by atoms with Crippen LogP contribution in [0.15, 0.2) is 122 Å². The van der Waals surface area contributed by atoms with Gasteiger partial charge in [-0.05, 0) is 99.1 Å². The first-order chi connectivity index (χ1) is 27.1. The number of carbonyl (C=O) groups excluding carboxylic acids is 2. The Morgan fingerprint density at radius 3 is 1.68 bits per heavy atom. The van der Waals surface area contributed by atoms with Crippen molar-refractivity contribution in [2.45, 2.75) is 88.8 Å². The molecular weight excluding hydrogens is 693 g/mol. The lowest BCUT2D eigenvalue weighted by Gasteiger charge is -2.39. The Hall–Kier alpha value is -5.76. The molecule has 8 heteroatoms. The van der Waals surface area contributed by atoms with Gasteiger partial charge in [0.2, 0.25) is 11.8 Å². The Balaban J connectivity index is 0.880. The standard InChI is InChI=1S/C48H50N6O2/c1-47(2,36-12-7-5-8-13-36)45(55)53-27-11-16-41(53)43-49-29-39(51-43)33-21-17-31(18-22-33)32-19-23-34(24-20-32)40-30-50-44(52-40)42-35-25-26-38(28-35)54(42)46(56)48(3,4)37-14-9-6-10-15-37/h5-10,12-15,17-24,29-30,35,38,41-42H,11,16,25-28H2,1-4H3,(H,49,51)(H,50,52)/t35-,38-,41-,42+/m0/s1. The third-order valence-corrected chi connectivity index (χ3v) is 12.9. The summed E-state index contributed by atoms with van der Waals surface area (Å²) < 4.78 is 0. The van der Waals surface area contributed by atoms with Gasteiger partial charge in [-0.15, -0.1) is 0 Å². The van der Waals surface area contributed by atoms with E-state index < -0.39 is 10.8 Å². The molecule has 56 heavy (non-hydrogen) atoms. The van der Waals surface area contributed by atoms with Crippen LogP contribution in [-0.2, 0) is 20.4 Å². The highest BCUT2D eigenvalue weighted by Crippen LogP contribution is 2.51. The van der Waals surface area contributed by atoms with Crippen molar-refractivity contribution < 1.29 is 9.59 Å². The van der Waals surface area contributed by atoms with E-state index in [1.807, 2.05) is 93.5 Å². The molecule has 9 rings (SSSR count). The molecule has 2 bridgehead atoms. The van der Waals surface area contributed by atoms with Crippen LogP contribution in [0.1, 0.15) is 94.7 Å². The summed E-state index contributed by atoms with van der Waals surface area (Å²) in [6.45, 7) is 8.86. The van der Waals surface area contributed by atoms with Gasteiger partial charge in [0.15, 0.2) is 0 Å². The Morgan fingerprint density at radius 2 is 1.11 bits per heavy atom. The highest BCUT2D eigenvalue weighted by Gasteiger charge is 2.52. The number of piperidine rings is 1. The molecule has 0 unspecified atom stereocenters. The fourth-order valence-electron chi connectivity index (χ4n) is 9.54. The lowest BCUT2D eigenvalue weighted by molar-refractivity contribution is -0.141. The molecule has 0 spiro atoms.